The lowest BCUT2D eigenvalue weighted by Gasteiger charge is -2.11. The molecule has 27 heavy (non-hydrogen) atoms. The third-order valence-corrected chi connectivity index (χ3v) is 4.14. The molecule has 1 amide bonds. The van der Waals surface area contributed by atoms with Crippen LogP contribution >= 0.6 is 0 Å². The molecule has 138 valence electrons. The monoisotopic (exact) mass is 367 g/mol. The third-order valence-electron chi connectivity index (χ3n) is 4.14. The predicted octanol–water partition coefficient (Wildman–Crippen LogP) is 3.57. The molecule has 1 aromatic heterocycles. The molecule has 3 aromatic rings. The Kier molecular flexibility index (Phi) is 4.94. The predicted molar refractivity (Wildman–Crippen MR) is 98.0 cm³/mol. The molecule has 7 heteroatoms. The van der Waals surface area contributed by atoms with E-state index in [4.69, 9.17) is 9.15 Å². The van der Waals surface area contributed by atoms with Crippen LogP contribution in [0.15, 0.2) is 46.9 Å². The van der Waals surface area contributed by atoms with Crippen LogP contribution in [0.5, 0.6) is 0 Å². The van der Waals surface area contributed by atoms with Gasteiger partial charge in [0, 0.05) is 10.9 Å². The summed E-state index contributed by atoms with van der Waals surface area (Å²) in [7, 11) is 2.47. The van der Waals surface area contributed by atoms with E-state index in [1.165, 1.54) is 32.4 Å². The molecule has 2 aromatic carbocycles. The zero-order valence-corrected chi connectivity index (χ0v) is 15.0. The Morgan fingerprint density at radius 1 is 0.963 bits per heavy atom. The number of nitrogens with one attached hydrogen (secondary N) is 1. The summed E-state index contributed by atoms with van der Waals surface area (Å²) in [6, 6.07) is 11.4. The number of aryl methyl sites for hydroxylation is 1. The van der Waals surface area contributed by atoms with Crippen LogP contribution in [-0.4, -0.2) is 32.1 Å². The highest BCUT2D eigenvalue weighted by Gasteiger charge is 2.21. The number of methoxy groups -OCH3 is 2. The second-order valence-corrected chi connectivity index (χ2v) is 5.75. The first-order valence-electron chi connectivity index (χ1n) is 8.06. The number of anilines is 1. The number of hydrogen-bond acceptors (Lipinski definition) is 6. The number of furan rings is 1. The number of hydrogen-bond donors (Lipinski definition) is 1. The fraction of sp³-hybridized carbons (Fsp3) is 0.150. The second-order valence-electron chi connectivity index (χ2n) is 5.75. The molecule has 0 fully saturated rings. The highest BCUT2D eigenvalue weighted by molar-refractivity contribution is 6.10. The maximum Gasteiger partial charge on any atom is 0.339 e. The van der Waals surface area contributed by atoms with Gasteiger partial charge in [0.25, 0.3) is 5.91 Å². The molecule has 0 saturated carbocycles. The second kappa shape index (κ2) is 7.33. The van der Waals surface area contributed by atoms with Gasteiger partial charge in [0.15, 0.2) is 5.76 Å². The van der Waals surface area contributed by atoms with E-state index < -0.39 is 17.8 Å². The largest absolute Gasteiger partial charge is 0.465 e. The smallest absolute Gasteiger partial charge is 0.339 e. The van der Waals surface area contributed by atoms with Gasteiger partial charge in [-0.25, -0.2) is 9.59 Å². The normalized spacial score (nSPS) is 10.5. The molecule has 0 spiro atoms. The Hall–Kier alpha value is -3.61. The highest BCUT2D eigenvalue weighted by atomic mass is 16.5. The highest BCUT2D eigenvalue weighted by Crippen LogP contribution is 2.27. The first kappa shape index (κ1) is 18.2. The summed E-state index contributed by atoms with van der Waals surface area (Å²) in [6.07, 6.45) is 0. The van der Waals surface area contributed by atoms with E-state index in [-0.39, 0.29) is 22.6 Å². The lowest BCUT2D eigenvalue weighted by Crippen LogP contribution is -2.16. The minimum absolute atomic E-state index is 0.104. The summed E-state index contributed by atoms with van der Waals surface area (Å²) in [6.45, 7) is 1.77. The Bertz CT molecular complexity index is 1050. The molecule has 1 N–H and O–H groups in total. The Morgan fingerprint density at radius 2 is 1.67 bits per heavy atom. The number of carbonyl (C=O) groups is 3. The number of para-hydroxylation sites is 1. The molecule has 0 aliphatic heterocycles. The number of ether oxygens (including phenoxy) is 2. The van der Waals surface area contributed by atoms with Gasteiger partial charge in [0.2, 0.25) is 0 Å². The van der Waals surface area contributed by atoms with Crippen molar-refractivity contribution in [1.82, 2.24) is 0 Å². The number of esters is 2. The van der Waals surface area contributed by atoms with E-state index in [1.54, 1.807) is 13.0 Å². The van der Waals surface area contributed by atoms with Gasteiger partial charge in [-0.2, -0.15) is 0 Å². The maximum atomic E-state index is 12.7. The lowest BCUT2D eigenvalue weighted by molar-refractivity contribution is 0.0587. The molecule has 1 heterocycles. The Labute approximate surface area is 154 Å². The van der Waals surface area contributed by atoms with Crippen LogP contribution in [0.25, 0.3) is 11.0 Å². The molecule has 0 aliphatic rings. The molecule has 0 unspecified atom stereocenters. The van der Waals surface area contributed by atoms with Crippen molar-refractivity contribution in [3.05, 3.63) is 64.9 Å². The zero-order chi connectivity index (χ0) is 19.6. The summed E-state index contributed by atoms with van der Waals surface area (Å²) >= 11 is 0. The summed E-state index contributed by atoms with van der Waals surface area (Å²) in [5.74, 6) is -1.67. The molecular weight excluding hydrogens is 350 g/mol. The third kappa shape index (κ3) is 3.39. The van der Waals surface area contributed by atoms with Crippen LogP contribution in [0.1, 0.15) is 36.8 Å². The van der Waals surface area contributed by atoms with Crippen LogP contribution in [0, 0.1) is 6.92 Å². The standard InChI is InChI=1S/C20H17NO6/c1-11-13-6-4-5-7-16(13)27-17(11)18(22)21-15-10-12(19(23)25-2)8-9-14(15)20(24)26-3/h4-10H,1-3H3,(H,21,22). The molecule has 0 atom stereocenters. The van der Waals surface area contributed by atoms with Crippen LogP contribution in [0.4, 0.5) is 5.69 Å². The topological polar surface area (TPSA) is 94.8 Å². The number of benzene rings is 2. The fourth-order valence-electron chi connectivity index (χ4n) is 2.75. The van der Waals surface area contributed by atoms with Crippen molar-refractivity contribution in [2.24, 2.45) is 0 Å². The molecule has 0 aliphatic carbocycles. The summed E-state index contributed by atoms with van der Waals surface area (Å²) in [5, 5.41) is 3.44. The quantitative estimate of drug-likeness (QED) is 0.709. The first-order chi connectivity index (χ1) is 13.0. The maximum absolute atomic E-state index is 12.7. The van der Waals surface area contributed by atoms with Crippen LogP contribution in [0.3, 0.4) is 0 Å². The van der Waals surface area contributed by atoms with Crippen molar-refractivity contribution in [2.75, 3.05) is 19.5 Å². The molecule has 3 rings (SSSR count). The van der Waals surface area contributed by atoms with Gasteiger partial charge in [-0.3, -0.25) is 4.79 Å². The van der Waals surface area contributed by atoms with Crippen molar-refractivity contribution >= 4 is 34.5 Å². The lowest BCUT2D eigenvalue weighted by atomic mass is 10.1. The van der Waals surface area contributed by atoms with Crippen LogP contribution in [0.2, 0.25) is 0 Å². The molecule has 7 nitrogen and oxygen atoms in total. The first-order valence-corrected chi connectivity index (χ1v) is 8.06. The van der Waals surface area contributed by atoms with E-state index in [1.807, 2.05) is 18.2 Å². The number of fused-ring (bicyclic) bond motifs is 1. The van der Waals surface area contributed by atoms with Crippen molar-refractivity contribution < 1.29 is 28.3 Å². The van der Waals surface area contributed by atoms with Gasteiger partial charge < -0.3 is 19.2 Å². The number of amides is 1. The van der Waals surface area contributed by atoms with E-state index in [0.717, 1.165) is 5.39 Å². The van der Waals surface area contributed by atoms with Gasteiger partial charge in [0.1, 0.15) is 5.58 Å². The Morgan fingerprint density at radius 3 is 2.33 bits per heavy atom. The van der Waals surface area contributed by atoms with E-state index in [2.05, 4.69) is 10.1 Å². The number of rotatable bonds is 4. The summed E-state index contributed by atoms with van der Waals surface area (Å²) in [5.41, 5.74) is 1.66. The average molecular weight is 367 g/mol. The fourth-order valence-corrected chi connectivity index (χ4v) is 2.75. The minimum atomic E-state index is -0.650. The van der Waals surface area contributed by atoms with Crippen molar-refractivity contribution in [2.45, 2.75) is 6.92 Å². The van der Waals surface area contributed by atoms with Gasteiger partial charge in [-0.1, -0.05) is 18.2 Å². The molecular formula is C20H17NO6. The summed E-state index contributed by atoms with van der Waals surface area (Å²) in [4.78, 5) is 36.5. The molecule has 0 bridgehead atoms. The average Bonchev–Trinajstić information content (AvgIpc) is 3.03. The number of carbonyl (C=O) groups excluding carboxylic acids is 3. The van der Waals surface area contributed by atoms with E-state index in [9.17, 15) is 14.4 Å². The van der Waals surface area contributed by atoms with Crippen molar-refractivity contribution in [3.8, 4) is 0 Å². The zero-order valence-electron chi connectivity index (χ0n) is 15.0. The SMILES string of the molecule is COC(=O)c1ccc(C(=O)OC)c(NC(=O)c2oc3ccccc3c2C)c1. The van der Waals surface area contributed by atoms with Crippen LogP contribution in [-0.2, 0) is 9.47 Å². The summed E-state index contributed by atoms with van der Waals surface area (Å²) < 4.78 is 15.1. The van der Waals surface area contributed by atoms with Crippen molar-refractivity contribution in [1.29, 1.82) is 0 Å². The molecule has 0 saturated heterocycles. The van der Waals surface area contributed by atoms with Crippen LogP contribution < -0.4 is 5.32 Å². The minimum Gasteiger partial charge on any atom is -0.465 e. The van der Waals surface area contributed by atoms with E-state index >= 15 is 0 Å². The van der Waals surface area contributed by atoms with Gasteiger partial charge >= 0.3 is 11.9 Å². The van der Waals surface area contributed by atoms with Gasteiger partial charge in [-0.15, -0.1) is 0 Å². The van der Waals surface area contributed by atoms with Gasteiger partial charge in [-0.05, 0) is 31.2 Å². The molecule has 0 radical (unpaired) electrons. The van der Waals surface area contributed by atoms with E-state index in [0.29, 0.717) is 11.1 Å². The van der Waals surface area contributed by atoms with Crippen molar-refractivity contribution in [3.63, 3.8) is 0 Å². The Balaban J connectivity index is 2.01. The van der Waals surface area contributed by atoms with Gasteiger partial charge in [0.05, 0.1) is 31.0 Å².